The smallest absolute Gasteiger partial charge is 0.0999 e. The van der Waals surface area contributed by atoms with Gasteiger partial charge < -0.3 is 4.98 Å². The van der Waals surface area contributed by atoms with Crippen LogP contribution in [0.1, 0.15) is 5.56 Å². The summed E-state index contributed by atoms with van der Waals surface area (Å²) in [6.07, 6.45) is 0. The zero-order chi connectivity index (χ0) is 10.3. The number of rotatable bonds is 0. The van der Waals surface area contributed by atoms with Crippen LogP contribution in [0.3, 0.4) is 0 Å². The van der Waals surface area contributed by atoms with Gasteiger partial charge in [-0.1, -0.05) is 24.3 Å². The van der Waals surface area contributed by atoms with E-state index in [1.165, 1.54) is 5.39 Å². The normalized spacial score (nSPS) is 10.6. The van der Waals surface area contributed by atoms with E-state index < -0.39 is 0 Å². The molecule has 0 spiro atoms. The van der Waals surface area contributed by atoms with E-state index in [4.69, 9.17) is 5.26 Å². The molecule has 1 N–H and O–H groups in total. The number of fused-ring (bicyclic) bond motifs is 3. The van der Waals surface area contributed by atoms with Crippen LogP contribution in [0.4, 0.5) is 0 Å². The highest BCUT2D eigenvalue weighted by Gasteiger charge is 2.03. The summed E-state index contributed by atoms with van der Waals surface area (Å²) in [5.74, 6) is 0. The number of nitriles is 1. The number of H-pyrrole nitrogens is 1. The van der Waals surface area contributed by atoms with Crippen molar-refractivity contribution in [3.8, 4) is 6.07 Å². The van der Waals surface area contributed by atoms with Gasteiger partial charge in [-0.25, -0.2) is 0 Å². The summed E-state index contributed by atoms with van der Waals surface area (Å²) in [6, 6.07) is 17.0. The standard InChI is InChI=1S/C13H7N2/c14-8-9-5-6-11-10-3-1-2-4-12(10)15-13(11)7-9/h1-6,15H. The monoisotopic (exact) mass is 191 g/mol. The lowest BCUT2D eigenvalue weighted by Gasteiger charge is -1.90. The third-order valence-corrected chi connectivity index (χ3v) is 2.54. The van der Waals surface area contributed by atoms with Crippen molar-refractivity contribution in [2.45, 2.75) is 0 Å². The van der Waals surface area contributed by atoms with Crippen LogP contribution in [-0.4, -0.2) is 4.98 Å². The van der Waals surface area contributed by atoms with Crippen LogP contribution in [0.25, 0.3) is 21.8 Å². The minimum atomic E-state index is 0.564. The minimum absolute atomic E-state index is 0.564. The Morgan fingerprint density at radius 2 is 1.93 bits per heavy atom. The van der Waals surface area contributed by atoms with Crippen LogP contribution in [0.5, 0.6) is 0 Å². The van der Waals surface area contributed by atoms with E-state index in [9.17, 15) is 0 Å². The number of para-hydroxylation sites is 1. The van der Waals surface area contributed by atoms with Crippen LogP contribution in [0.2, 0.25) is 0 Å². The average molecular weight is 191 g/mol. The Hall–Kier alpha value is -2.27. The zero-order valence-electron chi connectivity index (χ0n) is 7.91. The third kappa shape index (κ3) is 1.10. The van der Waals surface area contributed by atoms with Gasteiger partial charge in [-0.2, -0.15) is 5.26 Å². The van der Waals surface area contributed by atoms with Crippen LogP contribution in [0.15, 0.2) is 36.4 Å². The Kier molecular flexibility index (Phi) is 1.54. The molecule has 3 aromatic rings. The summed E-state index contributed by atoms with van der Waals surface area (Å²) >= 11 is 0. The Morgan fingerprint density at radius 3 is 2.80 bits per heavy atom. The van der Waals surface area contributed by atoms with Gasteiger partial charge in [-0.05, 0) is 12.1 Å². The molecule has 0 amide bonds. The number of aromatic nitrogens is 1. The van der Waals surface area contributed by atoms with Gasteiger partial charge in [0, 0.05) is 22.4 Å². The first kappa shape index (κ1) is 8.07. The van der Waals surface area contributed by atoms with Crippen LogP contribution >= 0.6 is 0 Å². The molecule has 0 unspecified atom stereocenters. The van der Waals surface area contributed by atoms with Gasteiger partial charge in [0.1, 0.15) is 0 Å². The van der Waals surface area contributed by atoms with Crippen molar-refractivity contribution >= 4 is 21.8 Å². The Morgan fingerprint density at radius 1 is 1.07 bits per heavy atom. The molecule has 0 aliphatic heterocycles. The fraction of sp³-hybridized carbons (Fsp3) is 0. The van der Waals surface area contributed by atoms with Crippen molar-refractivity contribution in [1.82, 2.24) is 4.98 Å². The van der Waals surface area contributed by atoms with Gasteiger partial charge in [0.05, 0.1) is 17.1 Å². The summed E-state index contributed by atoms with van der Waals surface area (Å²) < 4.78 is 0. The first-order valence-electron chi connectivity index (χ1n) is 4.71. The Balaban J connectivity index is 2.50. The van der Waals surface area contributed by atoms with Gasteiger partial charge in [-0.15, -0.1) is 0 Å². The minimum Gasteiger partial charge on any atom is -0.354 e. The predicted molar refractivity (Wildman–Crippen MR) is 59.4 cm³/mol. The topological polar surface area (TPSA) is 39.6 Å². The van der Waals surface area contributed by atoms with Gasteiger partial charge >= 0.3 is 0 Å². The fourth-order valence-electron chi connectivity index (χ4n) is 1.84. The molecule has 0 saturated heterocycles. The van der Waals surface area contributed by atoms with Gasteiger partial charge in [0.15, 0.2) is 0 Å². The first-order valence-corrected chi connectivity index (χ1v) is 4.71. The van der Waals surface area contributed by atoms with E-state index in [2.05, 4.69) is 23.2 Å². The zero-order valence-corrected chi connectivity index (χ0v) is 7.91. The third-order valence-electron chi connectivity index (χ3n) is 2.54. The molecule has 69 valence electrons. The highest BCUT2D eigenvalue weighted by atomic mass is 14.7. The molecule has 0 atom stereocenters. The molecular weight excluding hydrogens is 184 g/mol. The molecule has 0 aliphatic carbocycles. The lowest BCUT2D eigenvalue weighted by molar-refractivity contribution is 1.48. The maximum absolute atomic E-state index is 8.78. The Labute approximate surface area is 86.8 Å². The van der Waals surface area contributed by atoms with Crippen LogP contribution < -0.4 is 0 Å². The Bertz CT molecular complexity index is 686. The van der Waals surface area contributed by atoms with Crippen molar-refractivity contribution in [2.75, 3.05) is 0 Å². The van der Waals surface area contributed by atoms with Crippen molar-refractivity contribution < 1.29 is 0 Å². The number of benzene rings is 2. The molecule has 1 heterocycles. The highest BCUT2D eigenvalue weighted by molar-refractivity contribution is 6.07. The molecule has 15 heavy (non-hydrogen) atoms. The van der Waals surface area contributed by atoms with Crippen molar-refractivity contribution in [3.63, 3.8) is 0 Å². The van der Waals surface area contributed by atoms with Gasteiger partial charge in [0.25, 0.3) is 0 Å². The maximum atomic E-state index is 8.78. The second-order valence-corrected chi connectivity index (χ2v) is 3.44. The number of hydrogen-bond acceptors (Lipinski definition) is 1. The summed E-state index contributed by atoms with van der Waals surface area (Å²) in [5.41, 5.74) is 2.54. The van der Waals surface area contributed by atoms with E-state index in [0.29, 0.717) is 5.56 Å². The van der Waals surface area contributed by atoms with Crippen molar-refractivity contribution in [3.05, 3.63) is 48.0 Å². The molecule has 3 rings (SSSR count). The van der Waals surface area contributed by atoms with Crippen molar-refractivity contribution in [2.24, 2.45) is 0 Å². The summed E-state index contributed by atoms with van der Waals surface area (Å²) in [6.45, 7) is 0. The average Bonchev–Trinajstić information content (AvgIpc) is 2.66. The molecule has 1 aromatic heterocycles. The molecule has 0 bridgehead atoms. The predicted octanol–water partition coefficient (Wildman–Crippen LogP) is 2.99. The van der Waals surface area contributed by atoms with E-state index in [0.717, 1.165) is 16.4 Å². The summed E-state index contributed by atoms with van der Waals surface area (Å²) in [5, 5.41) is 11.1. The van der Waals surface area contributed by atoms with E-state index >= 15 is 0 Å². The quantitative estimate of drug-likeness (QED) is 0.583. The molecular formula is C13H7N2. The highest BCUT2D eigenvalue weighted by Crippen LogP contribution is 2.25. The number of aromatic amines is 1. The first-order chi connectivity index (χ1) is 7.38. The van der Waals surface area contributed by atoms with Crippen LogP contribution in [-0.2, 0) is 0 Å². The molecule has 0 saturated carbocycles. The molecule has 2 nitrogen and oxygen atoms in total. The SMILES string of the molecule is N#Cc1[c]c2[nH]c3ccccc3c2cc1. The second-order valence-electron chi connectivity index (χ2n) is 3.44. The fourth-order valence-corrected chi connectivity index (χ4v) is 1.84. The molecule has 0 aliphatic rings. The molecule has 0 fully saturated rings. The van der Waals surface area contributed by atoms with Crippen molar-refractivity contribution in [1.29, 1.82) is 5.26 Å². The van der Waals surface area contributed by atoms with Gasteiger partial charge in [0.2, 0.25) is 0 Å². The molecule has 2 heteroatoms. The van der Waals surface area contributed by atoms with E-state index in [1.54, 1.807) is 6.07 Å². The number of hydrogen-bond donors (Lipinski definition) is 1. The lowest BCUT2D eigenvalue weighted by Crippen LogP contribution is -1.74. The summed E-state index contributed by atoms with van der Waals surface area (Å²) in [7, 11) is 0. The molecule has 1 radical (unpaired) electrons. The maximum Gasteiger partial charge on any atom is 0.0999 e. The summed E-state index contributed by atoms with van der Waals surface area (Å²) in [4.78, 5) is 3.25. The largest absolute Gasteiger partial charge is 0.354 e. The number of nitrogens with one attached hydrogen (secondary N) is 1. The van der Waals surface area contributed by atoms with Gasteiger partial charge in [-0.3, -0.25) is 0 Å². The van der Waals surface area contributed by atoms with E-state index in [1.807, 2.05) is 24.3 Å². The number of nitrogens with zero attached hydrogens (tertiary/aromatic N) is 1. The molecule has 2 aromatic carbocycles. The second kappa shape index (κ2) is 2.86. The van der Waals surface area contributed by atoms with E-state index in [-0.39, 0.29) is 0 Å². The van der Waals surface area contributed by atoms with Crippen LogP contribution in [0, 0.1) is 17.4 Å². The lowest BCUT2D eigenvalue weighted by atomic mass is 10.1.